The van der Waals surface area contributed by atoms with Crippen molar-refractivity contribution in [2.75, 3.05) is 52.5 Å². The van der Waals surface area contributed by atoms with Crippen LogP contribution in [-0.4, -0.2) is 63.4 Å². The topological polar surface area (TPSA) is 58.1 Å². The van der Waals surface area contributed by atoms with E-state index in [2.05, 4.69) is 28.5 Å². The number of nitrogens with one attached hydrogen (secondary N) is 2. The fraction of sp³-hybridized carbons (Fsp3) is 0.650. The van der Waals surface area contributed by atoms with Gasteiger partial charge in [0.25, 0.3) is 0 Å². The van der Waals surface area contributed by atoms with E-state index < -0.39 is 0 Å². The number of ether oxygens (including phenoxy) is 2. The number of halogens is 1. The molecule has 1 saturated heterocycles. The number of hydrogen-bond acceptors (Lipinski definition) is 4. The van der Waals surface area contributed by atoms with Gasteiger partial charge in [-0.3, -0.25) is 4.90 Å². The number of hydrogen-bond donors (Lipinski definition) is 2. The van der Waals surface area contributed by atoms with Crippen LogP contribution in [0.4, 0.5) is 0 Å². The molecule has 1 aromatic carbocycles. The van der Waals surface area contributed by atoms with Crippen LogP contribution in [-0.2, 0) is 11.3 Å². The highest BCUT2D eigenvalue weighted by Crippen LogP contribution is 2.30. The first-order chi connectivity index (χ1) is 12.8. The van der Waals surface area contributed by atoms with E-state index in [9.17, 15) is 0 Å². The molecule has 0 atom stereocenters. The zero-order valence-corrected chi connectivity index (χ0v) is 18.6. The SMILES string of the molecule is CCNC(=NCc1ccccc1OCC1CC1)NCCN1CCOCC1.I. The molecule has 7 heteroatoms. The highest BCUT2D eigenvalue weighted by molar-refractivity contribution is 14.0. The molecule has 0 bridgehead atoms. The number of rotatable bonds is 9. The molecular formula is C20H33IN4O2. The molecule has 2 aliphatic rings. The maximum Gasteiger partial charge on any atom is 0.191 e. The fourth-order valence-corrected chi connectivity index (χ4v) is 2.93. The predicted molar refractivity (Wildman–Crippen MR) is 120 cm³/mol. The summed E-state index contributed by atoms with van der Waals surface area (Å²) in [6.45, 7) is 9.99. The van der Waals surface area contributed by atoms with Crippen LogP contribution in [0.15, 0.2) is 29.3 Å². The summed E-state index contributed by atoms with van der Waals surface area (Å²) < 4.78 is 11.4. The van der Waals surface area contributed by atoms with Crippen LogP contribution in [0.3, 0.4) is 0 Å². The summed E-state index contributed by atoms with van der Waals surface area (Å²) in [6.07, 6.45) is 2.61. The molecule has 0 radical (unpaired) electrons. The lowest BCUT2D eigenvalue weighted by Crippen LogP contribution is -2.44. The van der Waals surface area contributed by atoms with Gasteiger partial charge in [0.2, 0.25) is 0 Å². The average molecular weight is 488 g/mol. The molecule has 6 nitrogen and oxygen atoms in total. The van der Waals surface area contributed by atoms with Gasteiger partial charge in [-0.1, -0.05) is 18.2 Å². The molecule has 1 aromatic rings. The van der Waals surface area contributed by atoms with E-state index >= 15 is 0 Å². The number of aliphatic imine (C=N–C) groups is 1. The largest absolute Gasteiger partial charge is 0.493 e. The molecular weight excluding hydrogens is 455 g/mol. The fourth-order valence-electron chi connectivity index (χ4n) is 2.93. The minimum atomic E-state index is 0. The van der Waals surface area contributed by atoms with Gasteiger partial charge in [0.15, 0.2) is 5.96 Å². The van der Waals surface area contributed by atoms with Crippen molar-refractivity contribution in [1.29, 1.82) is 0 Å². The second-order valence-corrected chi connectivity index (χ2v) is 6.94. The third-order valence-corrected chi connectivity index (χ3v) is 4.72. The van der Waals surface area contributed by atoms with Crippen molar-refractivity contribution in [1.82, 2.24) is 15.5 Å². The van der Waals surface area contributed by atoms with Gasteiger partial charge in [-0.25, -0.2) is 4.99 Å². The molecule has 1 heterocycles. The minimum Gasteiger partial charge on any atom is -0.493 e. The van der Waals surface area contributed by atoms with Gasteiger partial charge in [0.1, 0.15) is 5.75 Å². The molecule has 0 amide bonds. The first-order valence-electron chi connectivity index (χ1n) is 9.88. The van der Waals surface area contributed by atoms with Crippen molar-refractivity contribution < 1.29 is 9.47 Å². The van der Waals surface area contributed by atoms with E-state index in [0.717, 1.165) is 75.7 Å². The summed E-state index contributed by atoms with van der Waals surface area (Å²) in [5.41, 5.74) is 1.14. The van der Waals surface area contributed by atoms with E-state index in [1.54, 1.807) is 0 Å². The lowest BCUT2D eigenvalue weighted by molar-refractivity contribution is 0.0389. The molecule has 0 aromatic heterocycles. The third-order valence-electron chi connectivity index (χ3n) is 4.72. The van der Waals surface area contributed by atoms with Crippen molar-refractivity contribution in [3.63, 3.8) is 0 Å². The van der Waals surface area contributed by atoms with Gasteiger partial charge in [-0.15, -0.1) is 24.0 Å². The Morgan fingerprint density at radius 2 is 2.00 bits per heavy atom. The summed E-state index contributed by atoms with van der Waals surface area (Å²) in [5.74, 6) is 2.58. The Hall–Kier alpha value is -1.06. The van der Waals surface area contributed by atoms with Gasteiger partial charge < -0.3 is 20.1 Å². The molecule has 1 saturated carbocycles. The highest BCUT2D eigenvalue weighted by atomic mass is 127. The molecule has 0 unspecified atom stereocenters. The highest BCUT2D eigenvalue weighted by Gasteiger charge is 2.22. The standard InChI is InChI=1S/C20H32N4O2.HI/c1-2-21-20(22-9-10-24-11-13-25-14-12-24)23-15-18-5-3-4-6-19(18)26-16-17-7-8-17;/h3-6,17H,2,7-16H2,1H3,(H2,21,22,23);1H. The Labute approximate surface area is 180 Å². The Kier molecular flexibility index (Phi) is 10.2. The zero-order chi connectivity index (χ0) is 18.0. The minimum absolute atomic E-state index is 0. The Balaban J connectivity index is 0.00000261. The normalized spacial score (nSPS) is 17.9. The molecule has 1 aliphatic carbocycles. The smallest absolute Gasteiger partial charge is 0.191 e. The van der Waals surface area contributed by atoms with Crippen LogP contribution in [0.2, 0.25) is 0 Å². The van der Waals surface area contributed by atoms with E-state index in [1.807, 2.05) is 18.2 Å². The van der Waals surface area contributed by atoms with Gasteiger partial charge in [0, 0.05) is 38.3 Å². The van der Waals surface area contributed by atoms with Crippen LogP contribution >= 0.6 is 24.0 Å². The van der Waals surface area contributed by atoms with E-state index in [1.165, 1.54) is 12.8 Å². The molecule has 1 aliphatic heterocycles. The monoisotopic (exact) mass is 488 g/mol. The zero-order valence-electron chi connectivity index (χ0n) is 16.3. The third kappa shape index (κ3) is 8.23. The molecule has 2 N–H and O–H groups in total. The second kappa shape index (κ2) is 12.4. The van der Waals surface area contributed by atoms with Crippen molar-refractivity contribution >= 4 is 29.9 Å². The molecule has 0 spiro atoms. The van der Waals surface area contributed by atoms with Crippen LogP contribution in [0.25, 0.3) is 0 Å². The molecule has 27 heavy (non-hydrogen) atoms. The van der Waals surface area contributed by atoms with Crippen molar-refractivity contribution in [3.05, 3.63) is 29.8 Å². The summed E-state index contributed by atoms with van der Waals surface area (Å²) >= 11 is 0. The number of nitrogens with zero attached hydrogens (tertiary/aromatic N) is 2. The van der Waals surface area contributed by atoms with Crippen LogP contribution in [0, 0.1) is 5.92 Å². The summed E-state index contributed by atoms with van der Waals surface area (Å²) in [5, 5.41) is 6.76. The van der Waals surface area contributed by atoms with Crippen molar-refractivity contribution in [2.45, 2.75) is 26.3 Å². The van der Waals surface area contributed by atoms with Crippen molar-refractivity contribution in [3.8, 4) is 5.75 Å². The second-order valence-electron chi connectivity index (χ2n) is 6.94. The lowest BCUT2D eigenvalue weighted by Gasteiger charge is -2.26. The number of guanidine groups is 1. The van der Waals surface area contributed by atoms with Crippen molar-refractivity contribution in [2.24, 2.45) is 10.9 Å². The van der Waals surface area contributed by atoms with Gasteiger partial charge in [-0.2, -0.15) is 0 Å². The Morgan fingerprint density at radius 3 is 2.74 bits per heavy atom. The maximum absolute atomic E-state index is 5.99. The number of morpholine rings is 1. The predicted octanol–water partition coefficient (Wildman–Crippen LogP) is 2.48. The van der Waals surface area contributed by atoms with Gasteiger partial charge in [-0.05, 0) is 31.7 Å². The van der Waals surface area contributed by atoms with E-state index in [4.69, 9.17) is 14.5 Å². The average Bonchev–Trinajstić information content (AvgIpc) is 3.50. The number of para-hydroxylation sites is 1. The Bertz CT molecular complexity index is 575. The number of benzene rings is 1. The Morgan fingerprint density at radius 1 is 1.22 bits per heavy atom. The van der Waals surface area contributed by atoms with E-state index in [-0.39, 0.29) is 24.0 Å². The summed E-state index contributed by atoms with van der Waals surface area (Å²) in [6, 6.07) is 8.23. The maximum atomic E-state index is 5.99. The van der Waals surface area contributed by atoms with Crippen LogP contribution in [0.1, 0.15) is 25.3 Å². The first-order valence-corrected chi connectivity index (χ1v) is 9.88. The first kappa shape index (κ1) is 22.2. The summed E-state index contributed by atoms with van der Waals surface area (Å²) in [7, 11) is 0. The quantitative estimate of drug-likeness (QED) is 0.318. The molecule has 152 valence electrons. The van der Waals surface area contributed by atoms with Crippen LogP contribution in [0.5, 0.6) is 5.75 Å². The van der Waals surface area contributed by atoms with E-state index in [0.29, 0.717) is 6.54 Å². The molecule has 2 fully saturated rings. The summed E-state index contributed by atoms with van der Waals surface area (Å²) in [4.78, 5) is 7.16. The lowest BCUT2D eigenvalue weighted by atomic mass is 10.2. The van der Waals surface area contributed by atoms with Gasteiger partial charge in [0.05, 0.1) is 26.4 Å². The molecule has 3 rings (SSSR count). The van der Waals surface area contributed by atoms with Crippen LogP contribution < -0.4 is 15.4 Å². The van der Waals surface area contributed by atoms with Gasteiger partial charge >= 0.3 is 0 Å².